The van der Waals surface area contributed by atoms with Crippen molar-refractivity contribution >= 4 is 39.1 Å². The zero-order valence-electron chi connectivity index (χ0n) is 31.7. The maximum absolute atomic E-state index is 13.0. The molecule has 1 saturated heterocycles. The molecule has 9 rings (SSSR count). The van der Waals surface area contributed by atoms with E-state index in [0.717, 1.165) is 48.4 Å². The minimum absolute atomic E-state index is 0.0660. The van der Waals surface area contributed by atoms with E-state index in [1.807, 2.05) is 48.7 Å². The number of hydrogen-bond donors (Lipinski definition) is 1. The molecule has 0 radical (unpaired) electrons. The van der Waals surface area contributed by atoms with Crippen molar-refractivity contribution in [2.45, 2.75) is 32.2 Å². The summed E-state index contributed by atoms with van der Waals surface area (Å²) in [5, 5.41) is 13.6. The van der Waals surface area contributed by atoms with Crippen molar-refractivity contribution in [1.29, 1.82) is 0 Å². The van der Waals surface area contributed by atoms with Crippen LogP contribution in [0.3, 0.4) is 0 Å². The first-order valence-corrected chi connectivity index (χ1v) is 19.8. The zero-order valence-corrected chi connectivity index (χ0v) is 33.3. The van der Waals surface area contributed by atoms with E-state index in [4.69, 9.17) is 40.3 Å². The number of likely N-dealkylation sites (N-methyl/N-ethyl adjacent to an activating group) is 1. The second kappa shape index (κ2) is 16.9. The van der Waals surface area contributed by atoms with Gasteiger partial charge in [0.1, 0.15) is 53.5 Å². The molecule has 13 nitrogen and oxygen atoms in total. The second-order valence-corrected chi connectivity index (χ2v) is 15.2. The number of carbonyl (C=O) groups is 1. The summed E-state index contributed by atoms with van der Waals surface area (Å²) in [7, 11) is 3.73. The van der Waals surface area contributed by atoms with Crippen LogP contribution in [0.15, 0.2) is 78.6 Å². The third kappa shape index (κ3) is 8.44. The minimum atomic E-state index is -1.35. The summed E-state index contributed by atoms with van der Waals surface area (Å²) < 4.78 is 31.3. The van der Waals surface area contributed by atoms with E-state index in [0.29, 0.717) is 61.9 Å². The number of fused-ring (bicyclic) bond motifs is 7. The van der Waals surface area contributed by atoms with Crippen LogP contribution in [0.5, 0.6) is 28.9 Å². The second-order valence-electron chi connectivity index (χ2n) is 14.0. The van der Waals surface area contributed by atoms with Crippen LogP contribution in [0.2, 0.25) is 5.02 Å². The molecule has 0 saturated carbocycles. The number of para-hydroxylation sites is 1. The molecule has 6 heterocycles. The van der Waals surface area contributed by atoms with Gasteiger partial charge >= 0.3 is 5.97 Å². The third-order valence-corrected chi connectivity index (χ3v) is 11.5. The molecule has 0 spiro atoms. The molecule has 0 amide bonds. The van der Waals surface area contributed by atoms with Gasteiger partial charge in [-0.05, 0) is 67.6 Å². The van der Waals surface area contributed by atoms with Gasteiger partial charge in [-0.15, -0.1) is 11.3 Å². The molecule has 2 atom stereocenters. The number of piperazine rings is 1. The van der Waals surface area contributed by atoms with E-state index in [1.165, 1.54) is 17.7 Å². The number of methoxy groups -OCH3 is 1. The number of thiophene rings is 1. The Hall–Kier alpha value is -5.54. The van der Waals surface area contributed by atoms with Crippen molar-refractivity contribution in [3.8, 4) is 51.4 Å². The quantitative estimate of drug-likeness (QED) is 0.172. The lowest BCUT2D eigenvalue weighted by molar-refractivity contribution is -0.145. The Bertz CT molecular complexity index is 2410. The van der Waals surface area contributed by atoms with Gasteiger partial charge in [-0.2, -0.15) is 0 Å². The number of hydrogen-bond acceptors (Lipinski definition) is 13. The van der Waals surface area contributed by atoms with E-state index in [2.05, 4.69) is 31.8 Å². The monoisotopic (exact) mass is 808 g/mol. The maximum atomic E-state index is 13.0. The highest BCUT2D eigenvalue weighted by Crippen LogP contribution is 2.43. The van der Waals surface area contributed by atoms with Crippen molar-refractivity contribution in [3.63, 3.8) is 0 Å². The highest BCUT2D eigenvalue weighted by Gasteiger charge is 2.28. The number of carboxylic acid groups (broad SMARTS) is 1. The van der Waals surface area contributed by atoms with Crippen LogP contribution in [-0.4, -0.2) is 107 Å². The molecular formula is C42H41ClN6O7S. The van der Waals surface area contributed by atoms with Gasteiger partial charge < -0.3 is 33.7 Å². The van der Waals surface area contributed by atoms with Gasteiger partial charge in [0.2, 0.25) is 12.0 Å². The highest BCUT2D eigenvalue weighted by molar-refractivity contribution is 7.17. The summed E-state index contributed by atoms with van der Waals surface area (Å²) in [6.07, 6.45) is 1.25. The summed E-state index contributed by atoms with van der Waals surface area (Å²) in [6, 6.07) is 18.5. The van der Waals surface area contributed by atoms with Crippen LogP contribution < -0.4 is 23.7 Å². The van der Waals surface area contributed by atoms with Gasteiger partial charge in [0.05, 0.1) is 28.8 Å². The van der Waals surface area contributed by atoms with E-state index in [9.17, 15) is 9.90 Å². The van der Waals surface area contributed by atoms with Crippen LogP contribution in [0.1, 0.15) is 16.8 Å². The molecule has 1 fully saturated rings. The van der Waals surface area contributed by atoms with E-state index in [1.54, 1.807) is 37.6 Å². The Morgan fingerprint density at radius 3 is 2.65 bits per heavy atom. The van der Waals surface area contributed by atoms with Gasteiger partial charge in [0, 0.05) is 61.8 Å². The fourth-order valence-electron chi connectivity index (χ4n) is 7.04. The molecule has 57 heavy (non-hydrogen) atoms. The van der Waals surface area contributed by atoms with Crippen molar-refractivity contribution in [2.75, 3.05) is 53.5 Å². The summed E-state index contributed by atoms with van der Waals surface area (Å²) >= 11 is 8.47. The molecule has 0 unspecified atom stereocenters. The lowest BCUT2D eigenvalue weighted by atomic mass is 10.0. The van der Waals surface area contributed by atoms with Gasteiger partial charge in [0.25, 0.3) is 0 Å². The lowest BCUT2D eigenvalue weighted by Crippen LogP contribution is -2.49. The van der Waals surface area contributed by atoms with Gasteiger partial charge in [-0.1, -0.05) is 29.8 Å². The maximum Gasteiger partial charge on any atom is 0.345 e. The fourth-order valence-corrected chi connectivity index (χ4v) is 8.14. The number of carboxylic acids is 1. The Labute approximate surface area is 338 Å². The van der Waals surface area contributed by atoms with Crippen LogP contribution in [-0.2, 0) is 17.8 Å². The van der Waals surface area contributed by atoms with Crippen LogP contribution in [0.25, 0.3) is 32.7 Å². The topological polar surface area (TPSA) is 141 Å². The molecule has 1 N–H and O–H groups in total. The first kappa shape index (κ1) is 38.3. The molecule has 3 aromatic heterocycles. The van der Waals surface area contributed by atoms with Crippen LogP contribution in [0, 0.1) is 6.92 Å². The molecule has 294 valence electrons. The molecule has 4 bridgehead atoms. The van der Waals surface area contributed by atoms with Crippen molar-refractivity contribution in [1.82, 2.24) is 29.7 Å². The number of halogens is 1. The zero-order chi connectivity index (χ0) is 39.5. The van der Waals surface area contributed by atoms with E-state index in [-0.39, 0.29) is 31.6 Å². The number of ether oxygens (including phenoxy) is 5. The molecule has 15 heteroatoms. The van der Waals surface area contributed by atoms with Crippen LogP contribution >= 0.6 is 22.9 Å². The molecule has 3 aromatic carbocycles. The summed E-state index contributed by atoms with van der Waals surface area (Å²) in [5.41, 5.74) is 4.34. The Kier molecular flexibility index (Phi) is 11.4. The number of aromatic nitrogens is 4. The van der Waals surface area contributed by atoms with Crippen molar-refractivity contribution < 1.29 is 33.6 Å². The SMILES string of the molecule is COc1ccccc1-c1nccc(COc2ccc3cc2C[C@H](C(=O)O)Oc2ncnc4scc(c24)-c2ccc(c(Cl)c2C)O[C@H](CN2CCN(C)CC2)CO3)n1. The Morgan fingerprint density at radius 2 is 1.82 bits per heavy atom. The summed E-state index contributed by atoms with van der Waals surface area (Å²) in [4.78, 5) is 36.4. The fraction of sp³-hybridized carbons (Fsp3) is 0.310. The molecule has 6 aromatic rings. The van der Waals surface area contributed by atoms with Gasteiger partial charge in [0.15, 0.2) is 5.82 Å². The summed E-state index contributed by atoms with van der Waals surface area (Å²) in [6.45, 7) is 6.56. The molecule has 3 aliphatic heterocycles. The minimum Gasteiger partial charge on any atom is -0.496 e. The van der Waals surface area contributed by atoms with E-state index < -0.39 is 12.1 Å². The number of nitrogens with zero attached hydrogens (tertiary/aromatic N) is 6. The predicted octanol–water partition coefficient (Wildman–Crippen LogP) is 6.83. The highest BCUT2D eigenvalue weighted by atomic mass is 35.5. The van der Waals surface area contributed by atoms with Crippen molar-refractivity contribution in [3.05, 3.63) is 100 Å². The van der Waals surface area contributed by atoms with Gasteiger partial charge in [-0.25, -0.2) is 24.7 Å². The van der Waals surface area contributed by atoms with Crippen LogP contribution in [0.4, 0.5) is 0 Å². The first-order valence-electron chi connectivity index (χ1n) is 18.6. The average Bonchev–Trinajstić information content (AvgIpc) is 3.66. The normalized spacial score (nSPS) is 17.6. The largest absolute Gasteiger partial charge is 0.496 e. The Morgan fingerprint density at radius 1 is 0.982 bits per heavy atom. The van der Waals surface area contributed by atoms with Crippen molar-refractivity contribution in [2.24, 2.45) is 0 Å². The predicted molar refractivity (Wildman–Crippen MR) is 217 cm³/mol. The Balaban J connectivity index is 1.16. The number of benzene rings is 3. The van der Waals surface area contributed by atoms with Gasteiger partial charge in [-0.3, -0.25) is 4.90 Å². The molecule has 0 aliphatic carbocycles. The average molecular weight is 809 g/mol. The number of aliphatic carboxylic acids is 1. The molecule has 3 aliphatic rings. The lowest BCUT2D eigenvalue weighted by Gasteiger charge is -2.34. The smallest absolute Gasteiger partial charge is 0.345 e. The standard InChI is InChI=1S/C42H41ClN6O7S/c1-25-30-9-11-35(38(25)43)55-29(20-49-16-14-48(2)15-17-49)22-53-28-8-10-33(54-21-27-12-13-44-39(47-27)31-6-4-5-7-34(31)52-3)26(18-28)19-36(42(50)51)56-40-37-32(30)23-57-41(37)46-24-45-40/h4-13,18,23-24,29,36H,14-17,19-22H2,1-3H3,(H,50,51)/t29-,36-/m1/s1. The van der Waals surface area contributed by atoms with E-state index >= 15 is 0 Å². The third-order valence-electron chi connectivity index (χ3n) is 10.2. The first-order chi connectivity index (χ1) is 27.7. The number of rotatable bonds is 8. The molecular weight excluding hydrogens is 768 g/mol. The summed E-state index contributed by atoms with van der Waals surface area (Å²) in [5.74, 6) is 1.63.